The fourth-order valence-corrected chi connectivity index (χ4v) is 11.3. The van der Waals surface area contributed by atoms with E-state index >= 15 is 0 Å². The van der Waals surface area contributed by atoms with Crippen LogP contribution in [0.4, 0.5) is 0 Å². The van der Waals surface area contributed by atoms with E-state index in [9.17, 15) is 43.2 Å². The zero-order valence-electron chi connectivity index (χ0n) is 54.2. The number of phosphoric ester groups is 2. The van der Waals surface area contributed by atoms with Crippen molar-refractivity contribution in [2.24, 2.45) is 11.8 Å². The van der Waals surface area contributed by atoms with Gasteiger partial charge in [-0.3, -0.25) is 37.3 Å². The Hall–Kier alpha value is -1.94. The van der Waals surface area contributed by atoms with Gasteiger partial charge in [0.05, 0.1) is 26.4 Å². The summed E-state index contributed by atoms with van der Waals surface area (Å²) < 4.78 is 67.9. The Morgan fingerprint density at radius 2 is 0.548 bits per heavy atom. The smallest absolute Gasteiger partial charge is 0.462 e. The van der Waals surface area contributed by atoms with E-state index in [1.165, 1.54) is 128 Å². The van der Waals surface area contributed by atoms with Crippen molar-refractivity contribution in [2.45, 2.75) is 342 Å². The van der Waals surface area contributed by atoms with Gasteiger partial charge < -0.3 is 33.8 Å². The van der Waals surface area contributed by atoms with Gasteiger partial charge in [-0.2, -0.15) is 0 Å². The first-order valence-electron chi connectivity index (χ1n) is 34.0. The minimum atomic E-state index is -4.95. The van der Waals surface area contributed by atoms with Crippen molar-refractivity contribution < 1.29 is 80.2 Å². The summed E-state index contributed by atoms with van der Waals surface area (Å²) in [5.41, 5.74) is 0. The van der Waals surface area contributed by atoms with Crippen molar-refractivity contribution in [3.05, 3.63) is 0 Å². The van der Waals surface area contributed by atoms with Crippen LogP contribution in [0.1, 0.15) is 324 Å². The molecule has 0 heterocycles. The maximum atomic E-state index is 13.0. The molecule has 0 aromatic heterocycles. The molecule has 0 aromatic rings. The number of hydrogen-bond acceptors (Lipinski definition) is 15. The van der Waals surface area contributed by atoms with Crippen molar-refractivity contribution in [1.29, 1.82) is 0 Å². The molecule has 0 amide bonds. The van der Waals surface area contributed by atoms with E-state index < -0.39 is 97.5 Å². The van der Waals surface area contributed by atoms with Gasteiger partial charge >= 0.3 is 39.5 Å². The summed E-state index contributed by atoms with van der Waals surface area (Å²) in [5, 5.41) is 10.5. The lowest BCUT2D eigenvalue weighted by molar-refractivity contribution is -0.161. The molecule has 0 aliphatic carbocycles. The van der Waals surface area contributed by atoms with Gasteiger partial charge in [0.25, 0.3) is 0 Å². The maximum Gasteiger partial charge on any atom is 0.472 e. The van der Waals surface area contributed by atoms with Gasteiger partial charge in [0, 0.05) is 25.7 Å². The van der Waals surface area contributed by atoms with Gasteiger partial charge in [-0.15, -0.1) is 0 Å². The Kier molecular flexibility index (Phi) is 56.2. The number of carbonyl (C=O) groups is 4. The quantitative estimate of drug-likeness (QED) is 0.0222. The second-order valence-electron chi connectivity index (χ2n) is 24.5. The molecule has 2 unspecified atom stereocenters. The van der Waals surface area contributed by atoms with Crippen LogP contribution in [0.2, 0.25) is 0 Å². The number of rotatable bonds is 64. The Balaban J connectivity index is 5.21. The number of aliphatic hydroxyl groups excluding tert-OH is 1. The lowest BCUT2D eigenvalue weighted by Gasteiger charge is -2.21. The zero-order chi connectivity index (χ0) is 62.2. The third-order valence-electron chi connectivity index (χ3n) is 15.0. The van der Waals surface area contributed by atoms with Crippen LogP contribution in [0.3, 0.4) is 0 Å². The second-order valence-corrected chi connectivity index (χ2v) is 27.4. The van der Waals surface area contributed by atoms with Crippen LogP contribution in [-0.4, -0.2) is 96.7 Å². The molecule has 0 saturated heterocycles. The number of hydrogen-bond donors (Lipinski definition) is 3. The summed E-state index contributed by atoms with van der Waals surface area (Å²) in [6, 6.07) is 0. The number of phosphoric acid groups is 2. The van der Waals surface area contributed by atoms with Gasteiger partial charge in [0.1, 0.15) is 19.3 Å². The lowest BCUT2D eigenvalue weighted by atomic mass is 10.0. The molecule has 0 aromatic carbocycles. The molecule has 0 saturated carbocycles. The molecule has 84 heavy (non-hydrogen) atoms. The average molecular weight is 1240 g/mol. The molecule has 17 nitrogen and oxygen atoms in total. The standard InChI is InChI=1S/C65H126O17P2/c1-7-9-11-13-15-29-35-41-47-62(67)75-53-60(81-64(69)49-43-37-30-16-14-12-10-8-2)55-79-83(71,72)77-51-59(66)52-78-84(73,74)80-56-61(54-76-63(68)48-42-36-31-25-22-21-24-28-34-40-46-58(5)6)82-65(70)50-44-38-32-26-20-18-17-19-23-27-33-39-45-57(3)4/h57-61,66H,7-56H2,1-6H3,(H,71,72)(H,73,74)/t59-,60+,61+/m0/s1. The molecule has 0 bridgehead atoms. The molecule has 0 spiro atoms. The third-order valence-corrected chi connectivity index (χ3v) is 16.9. The van der Waals surface area contributed by atoms with Crippen molar-refractivity contribution in [1.82, 2.24) is 0 Å². The lowest BCUT2D eigenvalue weighted by Crippen LogP contribution is -2.30. The van der Waals surface area contributed by atoms with Crippen LogP contribution < -0.4 is 0 Å². The number of aliphatic hydroxyl groups is 1. The normalized spacial score (nSPS) is 14.3. The predicted octanol–water partition coefficient (Wildman–Crippen LogP) is 18.0. The van der Waals surface area contributed by atoms with Crippen LogP contribution in [0.25, 0.3) is 0 Å². The topological polar surface area (TPSA) is 237 Å². The van der Waals surface area contributed by atoms with Crippen LogP contribution in [0, 0.1) is 11.8 Å². The molecule has 3 N–H and O–H groups in total. The molecule has 0 radical (unpaired) electrons. The zero-order valence-corrected chi connectivity index (χ0v) is 56.0. The molecule has 498 valence electrons. The maximum absolute atomic E-state index is 13.0. The van der Waals surface area contributed by atoms with Crippen LogP contribution in [-0.2, 0) is 65.4 Å². The fraction of sp³-hybridized carbons (Fsp3) is 0.938. The molecule has 0 fully saturated rings. The van der Waals surface area contributed by atoms with E-state index in [0.717, 1.165) is 115 Å². The number of unbranched alkanes of at least 4 members (excludes halogenated alkanes) is 34. The molecule has 5 atom stereocenters. The summed E-state index contributed by atoms with van der Waals surface area (Å²) in [7, 11) is -9.88. The molecule has 0 aliphatic heterocycles. The van der Waals surface area contributed by atoms with E-state index in [4.69, 9.17) is 37.0 Å². The first kappa shape index (κ1) is 82.1. The third kappa shape index (κ3) is 59.0. The number of esters is 4. The van der Waals surface area contributed by atoms with Crippen molar-refractivity contribution in [3.63, 3.8) is 0 Å². The average Bonchev–Trinajstić information content (AvgIpc) is 3.47. The van der Waals surface area contributed by atoms with E-state index in [2.05, 4.69) is 41.5 Å². The van der Waals surface area contributed by atoms with E-state index in [1.807, 2.05) is 0 Å². The Morgan fingerprint density at radius 3 is 0.810 bits per heavy atom. The van der Waals surface area contributed by atoms with Crippen LogP contribution in [0.5, 0.6) is 0 Å². The van der Waals surface area contributed by atoms with Gasteiger partial charge in [0.2, 0.25) is 0 Å². The Labute approximate surface area is 511 Å². The van der Waals surface area contributed by atoms with Crippen LogP contribution >= 0.6 is 15.6 Å². The molecular weight excluding hydrogens is 1110 g/mol. The second kappa shape index (κ2) is 57.5. The van der Waals surface area contributed by atoms with Gasteiger partial charge in [-0.05, 0) is 37.5 Å². The summed E-state index contributed by atoms with van der Waals surface area (Å²) in [6.07, 6.45) is 40.4. The largest absolute Gasteiger partial charge is 0.472 e. The highest BCUT2D eigenvalue weighted by atomic mass is 31.2. The molecule has 0 rings (SSSR count). The van der Waals surface area contributed by atoms with E-state index in [1.54, 1.807) is 0 Å². The van der Waals surface area contributed by atoms with Gasteiger partial charge in [0.15, 0.2) is 12.2 Å². The highest BCUT2D eigenvalue weighted by molar-refractivity contribution is 7.47. The van der Waals surface area contributed by atoms with Gasteiger partial charge in [-0.1, -0.05) is 273 Å². The monoisotopic (exact) mass is 1240 g/mol. The van der Waals surface area contributed by atoms with Crippen molar-refractivity contribution in [3.8, 4) is 0 Å². The highest BCUT2D eigenvalue weighted by Crippen LogP contribution is 2.45. The fourth-order valence-electron chi connectivity index (χ4n) is 9.71. The highest BCUT2D eigenvalue weighted by Gasteiger charge is 2.30. The van der Waals surface area contributed by atoms with Gasteiger partial charge in [-0.25, -0.2) is 9.13 Å². The van der Waals surface area contributed by atoms with E-state index in [0.29, 0.717) is 25.7 Å². The predicted molar refractivity (Wildman–Crippen MR) is 335 cm³/mol. The van der Waals surface area contributed by atoms with Crippen molar-refractivity contribution in [2.75, 3.05) is 39.6 Å². The summed E-state index contributed by atoms with van der Waals surface area (Å²) in [4.78, 5) is 72.1. The molecule has 19 heteroatoms. The minimum Gasteiger partial charge on any atom is -0.462 e. The summed E-state index contributed by atoms with van der Waals surface area (Å²) in [6.45, 7) is 9.46. The summed E-state index contributed by atoms with van der Waals surface area (Å²) in [5.74, 6) is -0.601. The van der Waals surface area contributed by atoms with E-state index in [-0.39, 0.29) is 25.7 Å². The minimum absolute atomic E-state index is 0.105. The Morgan fingerprint density at radius 1 is 0.321 bits per heavy atom. The Bertz CT molecular complexity index is 1650. The first-order chi connectivity index (χ1) is 40.4. The SMILES string of the molecule is CCCCCCCCCCC(=O)OC[C@H](COP(=O)(O)OC[C@H](O)COP(=O)(O)OC[C@@H](COC(=O)CCCCCCCCCCCCC(C)C)OC(=O)CCCCCCCCCCCCCCC(C)C)OC(=O)CCCCCCCCCC. The number of ether oxygens (including phenoxy) is 4. The molecule has 0 aliphatic rings. The van der Waals surface area contributed by atoms with Crippen LogP contribution in [0.15, 0.2) is 0 Å². The summed E-state index contributed by atoms with van der Waals surface area (Å²) >= 11 is 0. The number of carbonyl (C=O) groups excluding carboxylic acids is 4. The first-order valence-corrected chi connectivity index (χ1v) is 37.0. The van der Waals surface area contributed by atoms with Crippen molar-refractivity contribution >= 4 is 39.5 Å². The molecular formula is C65H126O17P2.